The van der Waals surface area contributed by atoms with Gasteiger partial charge in [-0.2, -0.15) is 0 Å². The Bertz CT molecular complexity index is 587. The predicted octanol–water partition coefficient (Wildman–Crippen LogP) is 1.54. The molecular formula is C18H25N3O2. The molecule has 1 saturated carbocycles. The molecule has 0 aromatic heterocycles. The van der Waals surface area contributed by atoms with Gasteiger partial charge in [-0.25, -0.2) is 0 Å². The van der Waals surface area contributed by atoms with Crippen LogP contribution in [-0.2, 0) is 11.3 Å². The van der Waals surface area contributed by atoms with Crippen LogP contribution in [0.4, 0.5) is 0 Å². The third-order valence-electron chi connectivity index (χ3n) is 5.05. The SMILES string of the molecule is CNC(=O)c1cccc(CNC(=O)CCN2C[C@@H]3CC[C@H]2C3)c1. The van der Waals surface area contributed by atoms with Crippen molar-refractivity contribution in [3.05, 3.63) is 35.4 Å². The number of nitrogens with zero attached hydrogens (tertiary/aromatic N) is 1. The number of hydrogen-bond acceptors (Lipinski definition) is 3. The van der Waals surface area contributed by atoms with E-state index in [1.54, 1.807) is 13.1 Å². The van der Waals surface area contributed by atoms with Crippen LogP contribution in [0.5, 0.6) is 0 Å². The van der Waals surface area contributed by atoms with Crippen molar-refractivity contribution in [3.8, 4) is 0 Å². The van der Waals surface area contributed by atoms with Crippen LogP contribution in [0.2, 0.25) is 0 Å². The van der Waals surface area contributed by atoms with Crippen molar-refractivity contribution in [1.82, 2.24) is 15.5 Å². The third kappa shape index (κ3) is 3.91. The first-order valence-electron chi connectivity index (χ1n) is 8.47. The molecule has 2 amide bonds. The summed E-state index contributed by atoms with van der Waals surface area (Å²) in [6.45, 7) is 2.51. The lowest BCUT2D eigenvalue weighted by Gasteiger charge is -2.26. The standard InChI is InChI=1S/C18H25N3O2/c1-19-18(23)15-4-2-3-13(9-15)11-20-17(22)7-8-21-12-14-5-6-16(21)10-14/h2-4,9,14,16H,5-8,10-12H2,1H3,(H,19,23)(H,20,22)/t14-,16+/m1/s1. The van der Waals surface area contributed by atoms with Crippen molar-refractivity contribution in [3.63, 3.8) is 0 Å². The number of piperidine rings is 1. The highest BCUT2D eigenvalue weighted by molar-refractivity contribution is 5.94. The number of benzene rings is 1. The number of carbonyl (C=O) groups is 2. The first kappa shape index (κ1) is 16.0. The largest absolute Gasteiger partial charge is 0.355 e. The molecule has 2 N–H and O–H groups in total. The Morgan fingerprint density at radius 1 is 1.30 bits per heavy atom. The molecule has 1 aliphatic heterocycles. The van der Waals surface area contributed by atoms with E-state index in [4.69, 9.17) is 0 Å². The molecule has 1 aromatic rings. The van der Waals surface area contributed by atoms with Crippen molar-refractivity contribution in [2.75, 3.05) is 20.1 Å². The van der Waals surface area contributed by atoms with Gasteiger partial charge >= 0.3 is 0 Å². The van der Waals surface area contributed by atoms with E-state index in [0.717, 1.165) is 24.1 Å². The van der Waals surface area contributed by atoms with Crippen molar-refractivity contribution < 1.29 is 9.59 Å². The van der Waals surface area contributed by atoms with Crippen molar-refractivity contribution in [2.24, 2.45) is 5.92 Å². The molecule has 5 heteroatoms. The molecule has 3 rings (SSSR count). The molecule has 2 bridgehead atoms. The average Bonchev–Trinajstić information content (AvgIpc) is 3.20. The minimum Gasteiger partial charge on any atom is -0.355 e. The second kappa shape index (κ2) is 7.13. The maximum Gasteiger partial charge on any atom is 0.251 e. The van der Waals surface area contributed by atoms with Gasteiger partial charge in [0.15, 0.2) is 0 Å². The fourth-order valence-corrected chi connectivity index (χ4v) is 3.80. The molecule has 0 unspecified atom stereocenters. The van der Waals surface area contributed by atoms with E-state index in [1.807, 2.05) is 18.2 Å². The van der Waals surface area contributed by atoms with Crippen LogP contribution in [0, 0.1) is 5.92 Å². The van der Waals surface area contributed by atoms with Gasteiger partial charge < -0.3 is 10.6 Å². The Kier molecular flexibility index (Phi) is 4.96. The van der Waals surface area contributed by atoms with E-state index in [-0.39, 0.29) is 11.8 Å². The van der Waals surface area contributed by atoms with Crippen LogP contribution in [0.15, 0.2) is 24.3 Å². The van der Waals surface area contributed by atoms with Crippen molar-refractivity contribution >= 4 is 11.8 Å². The normalized spacial score (nSPS) is 23.0. The topological polar surface area (TPSA) is 61.4 Å². The molecule has 0 spiro atoms. The number of hydrogen-bond donors (Lipinski definition) is 2. The number of fused-ring (bicyclic) bond motifs is 2. The summed E-state index contributed by atoms with van der Waals surface area (Å²) in [6, 6.07) is 8.07. The van der Waals surface area contributed by atoms with Gasteiger partial charge in [0.25, 0.3) is 5.91 Å². The lowest BCUT2D eigenvalue weighted by molar-refractivity contribution is -0.121. The number of amides is 2. The molecule has 23 heavy (non-hydrogen) atoms. The zero-order valence-electron chi connectivity index (χ0n) is 13.7. The molecule has 1 saturated heterocycles. The van der Waals surface area contributed by atoms with E-state index in [1.165, 1.54) is 25.8 Å². The lowest BCUT2D eigenvalue weighted by Crippen LogP contribution is -2.35. The van der Waals surface area contributed by atoms with Crippen LogP contribution in [0.25, 0.3) is 0 Å². The monoisotopic (exact) mass is 315 g/mol. The smallest absolute Gasteiger partial charge is 0.251 e. The van der Waals surface area contributed by atoms with Gasteiger partial charge in [0.1, 0.15) is 0 Å². The lowest BCUT2D eigenvalue weighted by atomic mass is 10.1. The van der Waals surface area contributed by atoms with E-state index in [2.05, 4.69) is 15.5 Å². The van der Waals surface area contributed by atoms with Crippen LogP contribution < -0.4 is 10.6 Å². The average molecular weight is 315 g/mol. The minimum absolute atomic E-state index is 0.0816. The molecule has 124 valence electrons. The van der Waals surface area contributed by atoms with Gasteiger partial charge in [0, 0.05) is 44.7 Å². The Labute approximate surface area is 137 Å². The highest BCUT2D eigenvalue weighted by Crippen LogP contribution is 2.37. The van der Waals surface area contributed by atoms with Gasteiger partial charge in [0.2, 0.25) is 5.91 Å². The van der Waals surface area contributed by atoms with Crippen LogP contribution in [0.1, 0.15) is 41.6 Å². The zero-order chi connectivity index (χ0) is 16.2. The van der Waals surface area contributed by atoms with Crippen molar-refractivity contribution in [1.29, 1.82) is 0 Å². The molecule has 2 atom stereocenters. The highest BCUT2D eigenvalue weighted by atomic mass is 16.2. The summed E-state index contributed by atoms with van der Waals surface area (Å²) in [5, 5.41) is 5.56. The summed E-state index contributed by atoms with van der Waals surface area (Å²) in [6.07, 6.45) is 4.56. The highest BCUT2D eigenvalue weighted by Gasteiger charge is 2.37. The molecule has 2 aliphatic rings. The molecule has 2 fully saturated rings. The van der Waals surface area contributed by atoms with E-state index >= 15 is 0 Å². The molecular weight excluding hydrogens is 290 g/mol. The molecule has 1 heterocycles. The Hall–Kier alpha value is -1.88. The van der Waals surface area contributed by atoms with Crippen LogP contribution in [0.3, 0.4) is 0 Å². The molecule has 0 radical (unpaired) electrons. The van der Waals surface area contributed by atoms with Gasteiger partial charge in [0.05, 0.1) is 0 Å². The summed E-state index contributed by atoms with van der Waals surface area (Å²) in [4.78, 5) is 26.1. The quantitative estimate of drug-likeness (QED) is 0.837. The fourth-order valence-electron chi connectivity index (χ4n) is 3.80. The second-order valence-electron chi connectivity index (χ2n) is 6.63. The van der Waals surface area contributed by atoms with E-state index in [0.29, 0.717) is 18.5 Å². The Morgan fingerprint density at radius 3 is 2.87 bits per heavy atom. The van der Waals surface area contributed by atoms with Crippen LogP contribution in [-0.4, -0.2) is 42.9 Å². The fraction of sp³-hybridized carbons (Fsp3) is 0.556. The Morgan fingerprint density at radius 2 is 2.17 bits per heavy atom. The minimum atomic E-state index is -0.109. The molecule has 1 aromatic carbocycles. The van der Waals surface area contributed by atoms with E-state index < -0.39 is 0 Å². The predicted molar refractivity (Wildman–Crippen MR) is 89.0 cm³/mol. The third-order valence-corrected chi connectivity index (χ3v) is 5.05. The summed E-state index contributed by atoms with van der Waals surface area (Å²) in [5.41, 5.74) is 1.56. The summed E-state index contributed by atoms with van der Waals surface area (Å²) in [7, 11) is 1.61. The molecule has 5 nitrogen and oxygen atoms in total. The van der Waals surface area contributed by atoms with Crippen LogP contribution >= 0.6 is 0 Å². The first-order chi connectivity index (χ1) is 11.2. The molecule has 1 aliphatic carbocycles. The summed E-state index contributed by atoms with van der Waals surface area (Å²) < 4.78 is 0. The number of nitrogens with one attached hydrogen (secondary N) is 2. The van der Waals surface area contributed by atoms with Gasteiger partial charge in [-0.3, -0.25) is 14.5 Å². The van der Waals surface area contributed by atoms with Gasteiger partial charge in [-0.15, -0.1) is 0 Å². The maximum absolute atomic E-state index is 12.0. The summed E-state index contributed by atoms with van der Waals surface area (Å²) >= 11 is 0. The number of rotatable bonds is 6. The number of carbonyl (C=O) groups excluding carboxylic acids is 2. The van der Waals surface area contributed by atoms with Crippen molar-refractivity contribution in [2.45, 2.75) is 38.3 Å². The maximum atomic E-state index is 12.0. The van der Waals surface area contributed by atoms with E-state index in [9.17, 15) is 9.59 Å². The number of likely N-dealkylation sites (tertiary alicyclic amines) is 1. The second-order valence-corrected chi connectivity index (χ2v) is 6.63. The zero-order valence-corrected chi connectivity index (χ0v) is 13.7. The Balaban J connectivity index is 1.43. The first-order valence-corrected chi connectivity index (χ1v) is 8.47. The van der Waals surface area contributed by atoms with Gasteiger partial charge in [-0.05, 0) is 42.9 Å². The summed E-state index contributed by atoms with van der Waals surface area (Å²) in [5.74, 6) is 0.843. The van der Waals surface area contributed by atoms with Gasteiger partial charge in [-0.1, -0.05) is 12.1 Å².